The minimum absolute atomic E-state index is 0.546. The molecule has 0 saturated carbocycles. The molecule has 21 heavy (non-hydrogen) atoms. The Morgan fingerprint density at radius 2 is 0.952 bits per heavy atom. The van der Waals surface area contributed by atoms with E-state index in [4.69, 9.17) is 14.2 Å². The van der Waals surface area contributed by atoms with Crippen LogP contribution in [-0.2, 0) is 4.74 Å². The molecule has 0 aliphatic rings. The Morgan fingerprint density at radius 3 is 1.33 bits per heavy atom. The van der Waals surface area contributed by atoms with Crippen LogP contribution in [0.4, 0.5) is 0 Å². The second-order valence-corrected chi connectivity index (χ2v) is 6.71. The molecule has 0 aromatic heterocycles. The topological polar surface area (TPSA) is 27.7 Å². The summed E-state index contributed by atoms with van der Waals surface area (Å²) in [5.74, 6) is 1.74. The van der Waals surface area contributed by atoms with Crippen LogP contribution in [0.2, 0.25) is 0 Å². The number of hydrogen-bond donors (Lipinski definition) is 0. The van der Waals surface area contributed by atoms with Gasteiger partial charge in [-0.1, -0.05) is 0 Å². The predicted molar refractivity (Wildman–Crippen MR) is 100 cm³/mol. The maximum absolute atomic E-state index is 5.57. The second-order valence-electron chi connectivity index (χ2n) is 4.22. The molecule has 0 aliphatic heterocycles. The summed E-state index contributed by atoms with van der Waals surface area (Å²) in [4.78, 5) is 0. The average molecular weight is 510 g/mol. The van der Waals surface area contributed by atoms with Crippen LogP contribution in [-0.4, -0.2) is 26.4 Å². The maximum Gasteiger partial charge on any atom is 0.119 e. The van der Waals surface area contributed by atoms with E-state index in [9.17, 15) is 0 Å². The third-order valence-electron chi connectivity index (χ3n) is 2.62. The van der Waals surface area contributed by atoms with Crippen LogP contribution in [0.3, 0.4) is 0 Å². The number of benzene rings is 2. The molecule has 0 atom stereocenters. The third-order valence-corrected chi connectivity index (χ3v) is 4.06. The fraction of sp³-hybridized carbons (Fsp3) is 0.250. The lowest BCUT2D eigenvalue weighted by Crippen LogP contribution is -2.12. The van der Waals surface area contributed by atoms with Crippen molar-refractivity contribution >= 4 is 45.2 Å². The Labute approximate surface area is 152 Å². The van der Waals surface area contributed by atoms with Crippen molar-refractivity contribution in [1.82, 2.24) is 0 Å². The highest BCUT2D eigenvalue weighted by Crippen LogP contribution is 2.14. The molecule has 2 aromatic rings. The molecule has 2 aromatic carbocycles. The van der Waals surface area contributed by atoms with E-state index in [1.807, 2.05) is 48.5 Å². The number of hydrogen-bond acceptors (Lipinski definition) is 3. The standard InChI is InChI=1S/C16H16I2O3/c17-13-1-5-15(6-2-13)20-11-9-19-10-12-21-16-7-3-14(18)4-8-16/h1-8H,9-12H2. The maximum atomic E-state index is 5.57. The fourth-order valence-corrected chi connectivity index (χ4v) is 2.32. The number of halogens is 2. The van der Waals surface area contributed by atoms with E-state index in [-0.39, 0.29) is 0 Å². The van der Waals surface area contributed by atoms with Crippen molar-refractivity contribution in [2.45, 2.75) is 0 Å². The van der Waals surface area contributed by atoms with Crippen LogP contribution in [0.15, 0.2) is 48.5 Å². The highest BCUT2D eigenvalue weighted by Gasteiger charge is 1.96. The lowest BCUT2D eigenvalue weighted by molar-refractivity contribution is 0.0764. The van der Waals surface area contributed by atoms with Gasteiger partial charge in [-0.15, -0.1) is 0 Å². The lowest BCUT2D eigenvalue weighted by atomic mass is 10.3. The van der Waals surface area contributed by atoms with Crippen molar-refractivity contribution in [3.05, 3.63) is 55.7 Å². The molecule has 0 heterocycles. The first kappa shape index (κ1) is 16.8. The van der Waals surface area contributed by atoms with Gasteiger partial charge < -0.3 is 14.2 Å². The van der Waals surface area contributed by atoms with Crippen molar-refractivity contribution < 1.29 is 14.2 Å². The Balaban J connectivity index is 1.52. The second kappa shape index (κ2) is 9.47. The minimum Gasteiger partial charge on any atom is -0.491 e. The molecule has 0 N–H and O–H groups in total. The highest BCUT2D eigenvalue weighted by molar-refractivity contribution is 14.1. The zero-order valence-corrected chi connectivity index (χ0v) is 15.7. The van der Waals surface area contributed by atoms with Crippen molar-refractivity contribution in [3.63, 3.8) is 0 Å². The van der Waals surface area contributed by atoms with Gasteiger partial charge in [0.25, 0.3) is 0 Å². The van der Waals surface area contributed by atoms with E-state index in [1.54, 1.807) is 0 Å². The third kappa shape index (κ3) is 6.84. The van der Waals surface area contributed by atoms with Gasteiger partial charge >= 0.3 is 0 Å². The largest absolute Gasteiger partial charge is 0.491 e. The summed E-state index contributed by atoms with van der Waals surface area (Å²) >= 11 is 4.54. The smallest absolute Gasteiger partial charge is 0.119 e. The van der Waals surface area contributed by atoms with Crippen LogP contribution in [0.25, 0.3) is 0 Å². The molecule has 0 unspecified atom stereocenters. The van der Waals surface area contributed by atoms with Gasteiger partial charge in [0.1, 0.15) is 24.7 Å². The van der Waals surface area contributed by atoms with E-state index < -0.39 is 0 Å². The molecule has 0 radical (unpaired) electrons. The Bertz CT molecular complexity index is 477. The van der Waals surface area contributed by atoms with Crippen LogP contribution < -0.4 is 9.47 Å². The van der Waals surface area contributed by atoms with Gasteiger partial charge in [0.05, 0.1) is 13.2 Å². The van der Waals surface area contributed by atoms with Gasteiger partial charge in [-0.05, 0) is 93.7 Å². The molecule has 0 aliphatic carbocycles. The van der Waals surface area contributed by atoms with Crippen LogP contribution >= 0.6 is 45.2 Å². The molecular formula is C16H16I2O3. The molecule has 0 spiro atoms. The minimum atomic E-state index is 0.546. The first-order valence-corrected chi connectivity index (χ1v) is 8.74. The summed E-state index contributed by atoms with van der Waals surface area (Å²) in [6.45, 7) is 2.21. The summed E-state index contributed by atoms with van der Waals surface area (Å²) in [5.41, 5.74) is 0. The molecule has 3 nitrogen and oxygen atoms in total. The summed E-state index contributed by atoms with van der Waals surface area (Å²) < 4.78 is 19.0. The summed E-state index contributed by atoms with van der Waals surface area (Å²) in [7, 11) is 0. The molecule has 0 saturated heterocycles. The molecule has 112 valence electrons. The SMILES string of the molecule is Ic1ccc(OCCOCCOc2ccc(I)cc2)cc1. The van der Waals surface area contributed by atoms with Crippen LogP contribution in [0.5, 0.6) is 11.5 Å². The van der Waals surface area contributed by atoms with E-state index in [0.29, 0.717) is 26.4 Å². The van der Waals surface area contributed by atoms with E-state index in [2.05, 4.69) is 45.2 Å². The molecular weight excluding hydrogens is 494 g/mol. The molecule has 0 bridgehead atoms. The van der Waals surface area contributed by atoms with Gasteiger partial charge in [-0.3, -0.25) is 0 Å². The number of rotatable bonds is 8. The Morgan fingerprint density at radius 1 is 0.571 bits per heavy atom. The van der Waals surface area contributed by atoms with Gasteiger partial charge in [-0.25, -0.2) is 0 Å². The van der Waals surface area contributed by atoms with Crippen molar-refractivity contribution in [1.29, 1.82) is 0 Å². The van der Waals surface area contributed by atoms with Crippen molar-refractivity contribution in [2.24, 2.45) is 0 Å². The summed E-state index contributed by atoms with van der Waals surface area (Å²) in [6, 6.07) is 15.9. The van der Waals surface area contributed by atoms with Crippen molar-refractivity contribution in [3.8, 4) is 11.5 Å². The molecule has 0 fully saturated rings. The van der Waals surface area contributed by atoms with E-state index in [0.717, 1.165) is 11.5 Å². The quantitative estimate of drug-likeness (QED) is 0.390. The van der Waals surface area contributed by atoms with Gasteiger partial charge in [0.2, 0.25) is 0 Å². The summed E-state index contributed by atoms with van der Waals surface area (Å²) in [6.07, 6.45) is 0. The molecule has 0 amide bonds. The van der Waals surface area contributed by atoms with E-state index >= 15 is 0 Å². The van der Waals surface area contributed by atoms with Gasteiger partial charge in [-0.2, -0.15) is 0 Å². The van der Waals surface area contributed by atoms with Crippen LogP contribution in [0, 0.1) is 7.14 Å². The Hall–Kier alpha value is -0.540. The first-order chi connectivity index (χ1) is 10.2. The van der Waals surface area contributed by atoms with Crippen molar-refractivity contribution in [2.75, 3.05) is 26.4 Å². The zero-order valence-electron chi connectivity index (χ0n) is 11.4. The fourth-order valence-electron chi connectivity index (χ4n) is 1.60. The van der Waals surface area contributed by atoms with Gasteiger partial charge in [0.15, 0.2) is 0 Å². The first-order valence-electron chi connectivity index (χ1n) is 6.58. The lowest BCUT2D eigenvalue weighted by Gasteiger charge is -2.08. The van der Waals surface area contributed by atoms with Gasteiger partial charge in [0, 0.05) is 7.14 Å². The van der Waals surface area contributed by atoms with Crippen LogP contribution in [0.1, 0.15) is 0 Å². The number of ether oxygens (including phenoxy) is 3. The molecule has 2 rings (SSSR count). The monoisotopic (exact) mass is 510 g/mol. The predicted octanol–water partition coefficient (Wildman–Crippen LogP) is 4.37. The normalized spacial score (nSPS) is 10.4. The molecule has 5 heteroatoms. The average Bonchev–Trinajstić information content (AvgIpc) is 2.50. The zero-order chi connectivity index (χ0) is 14.9. The van der Waals surface area contributed by atoms with E-state index in [1.165, 1.54) is 7.14 Å². The highest BCUT2D eigenvalue weighted by atomic mass is 127. The summed E-state index contributed by atoms with van der Waals surface area (Å²) in [5, 5.41) is 0. The Kier molecular flexibility index (Phi) is 7.59.